The maximum atomic E-state index is 12.2. The summed E-state index contributed by atoms with van der Waals surface area (Å²) in [6.45, 7) is 1.87. The van der Waals surface area contributed by atoms with Crippen molar-refractivity contribution < 1.29 is 14.3 Å². The second-order valence-electron chi connectivity index (χ2n) is 5.54. The van der Waals surface area contributed by atoms with Crippen LogP contribution < -0.4 is 14.8 Å². The first-order chi connectivity index (χ1) is 13.1. The van der Waals surface area contributed by atoms with E-state index in [1.165, 1.54) is 12.4 Å². The van der Waals surface area contributed by atoms with E-state index in [-0.39, 0.29) is 5.91 Å². The molecular weight excluding hydrogens is 346 g/mol. The van der Waals surface area contributed by atoms with Gasteiger partial charge in [0.25, 0.3) is 0 Å². The number of nitrogens with one attached hydrogen (secondary N) is 1. The minimum Gasteiger partial charge on any atom is -0.493 e. The fourth-order valence-corrected chi connectivity index (χ4v) is 2.46. The molecule has 0 bridgehead atoms. The minimum absolute atomic E-state index is 0.309. The van der Waals surface area contributed by atoms with Crippen LogP contribution >= 0.6 is 0 Å². The monoisotopic (exact) mass is 365 g/mol. The fraction of sp³-hybridized carbons (Fsp3) is 0.158. The molecule has 0 aliphatic carbocycles. The number of ether oxygens (including phenoxy) is 2. The molecule has 0 radical (unpaired) electrons. The molecule has 0 aliphatic heterocycles. The Kier molecular flexibility index (Phi) is 5.46. The van der Waals surface area contributed by atoms with Gasteiger partial charge in [0, 0.05) is 24.5 Å². The van der Waals surface area contributed by atoms with Crippen molar-refractivity contribution >= 4 is 17.8 Å². The molecule has 27 heavy (non-hydrogen) atoms. The number of aryl methyl sites for hydroxylation is 1. The van der Waals surface area contributed by atoms with E-state index in [0.717, 1.165) is 11.4 Å². The predicted molar refractivity (Wildman–Crippen MR) is 101 cm³/mol. The number of methoxy groups -OCH3 is 2. The number of imidazole rings is 1. The number of carbonyl (C=O) groups is 1. The quantitative estimate of drug-likeness (QED) is 0.675. The van der Waals surface area contributed by atoms with Gasteiger partial charge in [-0.25, -0.2) is 15.0 Å². The van der Waals surface area contributed by atoms with Crippen LogP contribution in [0, 0.1) is 6.92 Å². The summed E-state index contributed by atoms with van der Waals surface area (Å²) >= 11 is 0. The molecule has 0 saturated carbocycles. The van der Waals surface area contributed by atoms with Gasteiger partial charge in [0.05, 0.1) is 14.2 Å². The van der Waals surface area contributed by atoms with Gasteiger partial charge in [0.2, 0.25) is 5.91 Å². The first-order valence-electron chi connectivity index (χ1n) is 8.14. The molecule has 1 aromatic carbocycles. The van der Waals surface area contributed by atoms with Crippen LogP contribution in [0.5, 0.6) is 11.5 Å². The third kappa shape index (κ3) is 4.30. The van der Waals surface area contributed by atoms with Crippen molar-refractivity contribution in [3.63, 3.8) is 0 Å². The Bertz CT molecular complexity index is 981. The molecule has 8 heteroatoms. The SMILES string of the molecule is COc1ccc(/C=C/C(=O)Nc2cc(-n3ccnc3C)ncn2)cc1OC. The molecule has 8 nitrogen and oxygen atoms in total. The van der Waals surface area contributed by atoms with Gasteiger partial charge >= 0.3 is 0 Å². The molecule has 138 valence electrons. The second-order valence-corrected chi connectivity index (χ2v) is 5.54. The summed E-state index contributed by atoms with van der Waals surface area (Å²) in [5, 5.41) is 2.72. The van der Waals surface area contributed by atoms with Gasteiger partial charge < -0.3 is 14.8 Å². The van der Waals surface area contributed by atoms with Crippen LogP contribution in [0.25, 0.3) is 11.9 Å². The largest absolute Gasteiger partial charge is 0.493 e. The highest BCUT2D eigenvalue weighted by atomic mass is 16.5. The zero-order valence-electron chi connectivity index (χ0n) is 15.2. The molecular formula is C19H19N5O3. The Morgan fingerprint density at radius 3 is 2.63 bits per heavy atom. The molecule has 0 spiro atoms. The van der Waals surface area contributed by atoms with Crippen LogP contribution in [-0.4, -0.2) is 39.6 Å². The van der Waals surface area contributed by atoms with Gasteiger partial charge in [0.1, 0.15) is 23.8 Å². The Labute approximate surface area is 156 Å². The summed E-state index contributed by atoms with van der Waals surface area (Å²) in [5.41, 5.74) is 0.806. The molecule has 2 heterocycles. The topological polar surface area (TPSA) is 91.2 Å². The maximum absolute atomic E-state index is 12.2. The van der Waals surface area contributed by atoms with E-state index >= 15 is 0 Å². The van der Waals surface area contributed by atoms with Crippen molar-refractivity contribution in [2.24, 2.45) is 0 Å². The predicted octanol–water partition coefficient (Wildman–Crippen LogP) is 2.64. The van der Waals surface area contributed by atoms with Gasteiger partial charge in [0.15, 0.2) is 11.5 Å². The smallest absolute Gasteiger partial charge is 0.249 e. The molecule has 1 amide bonds. The molecule has 0 unspecified atom stereocenters. The van der Waals surface area contributed by atoms with Crippen molar-refractivity contribution in [2.45, 2.75) is 6.92 Å². The van der Waals surface area contributed by atoms with Gasteiger partial charge in [-0.1, -0.05) is 6.07 Å². The molecule has 0 aliphatic rings. The van der Waals surface area contributed by atoms with Gasteiger partial charge in [-0.05, 0) is 30.7 Å². The second kappa shape index (κ2) is 8.13. The van der Waals surface area contributed by atoms with Crippen molar-refractivity contribution in [2.75, 3.05) is 19.5 Å². The number of rotatable bonds is 6. The number of amides is 1. The Balaban J connectivity index is 1.71. The Hall–Kier alpha value is -3.68. The van der Waals surface area contributed by atoms with Crippen LogP contribution in [-0.2, 0) is 4.79 Å². The standard InChI is InChI=1S/C19H19N5O3/c1-13-20-8-9-24(13)18-11-17(21-12-22-18)23-19(25)7-5-14-4-6-15(26-2)16(10-14)27-3/h4-12H,1-3H3,(H,21,22,23,25)/b7-5+. The van der Waals surface area contributed by atoms with Gasteiger partial charge in [-0.2, -0.15) is 0 Å². The molecule has 3 aromatic rings. The van der Waals surface area contributed by atoms with Crippen LogP contribution in [0.15, 0.2) is 49.1 Å². The van der Waals surface area contributed by atoms with E-state index in [1.54, 1.807) is 55.5 Å². The lowest BCUT2D eigenvalue weighted by Crippen LogP contribution is -2.10. The number of nitrogens with zero attached hydrogens (tertiary/aromatic N) is 4. The van der Waals surface area contributed by atoms with Crippen LogP contribution in [0.2, 0.25) is 0 Å². The number of carbonyl (C=O) groups excluding carboxylic acids is 1. The van der Waals surface area contributed by atoms with Crippen molar-refractivity contribution in [3.8, 4) is 17.3 Å². The highest BCUT2D eigenvalue weighted by Crippen LogP contribution is 2.27. The summed E-state index contributed by atoms with van der Waals surface area (Å²) < 4.78 is 12.3. The lowest BCUT2D eigenvalue weighted by atomic mass is 10.2. The Morgan fingerprint density at radius 1 is 1.11 bits per heavy atom. The van der Waals surface area contributed by atoms with E-state index in [9.17, 15) is 4.79 Å². The molecule has 0 fully saturated rings. The maximum Gasteiger partial charge on any atom is 0.249 e. The summed E-state index contributed by atoms with van der Waals surface area (Å²) in [6.07, 6.45) is 7.97. The molecule has 2 aromatic heterocycles. The third-order valence-electron chi connectivity index (χ3n) is 3.81. The lowest BCUT2D eigenvalue weighted by molar-refractivity contribution is -0.111. The minimum atomic E-state index is -0.309. The van der Waals surface area contributed by atoms with E-state index in [0.29, 0.717) is 23.1 Å². The third-order valence-corrected chi connectivity index (χ3v) is 3.81. The van der Waals surface area contributed by atoms with Crippen molar-refractivity contribution in [1.82, 2.24) is 19.5 Å². The first-order valence-corrected chi connectivity index (χ1v) is 8.14. The van der Waals surface area contributed by atoms with Gasteiger partial charge in [-0.15, -0.1) is 0 Å². The fourth-order valence-electron chi connectivity index (χ4n) is 2.46. The van der Waals surface area contributed by atoms with Crippen molar-refractivity contribution in [1.29, 1.82) is 0 Å². The molecule has 1 N–H and O–H groups in total. The highest BCUT2D eigenvalue weighted by molar-refractivity contribution is 6.01. The first kappa shape index (κ1) is 18.1. The number of aromatic nitrogens is 4. The van der Waals surface area contributed by atoms with E-state index in [4.69, 9.17) is 9.47 Å². The zero-order chi connectivity index (χ0) is 19.2. The Morgan fingerprint density at radius 2 is 1.93 bits per heavy atom. The number of benzene rings is 1. The summed E-state index contributed by atoms with van der Waals surface area (Å²) in [7, 11) is 3.13. The van der Waals surface area contributed by atoms with Crippen LogP contribution in [0.4, 0.5) is 5.82 Å². The lowest BCUT2D eigenvalue weighted by Gasteiger charge is -2.08. The normalized spacial score (nSPS) is 10.8. The molecule has 0 saturated heterocycles. The van der Waals surface area contributed by atoms with Crippen LogP contribution in [0.3, 0.4) is 0 Å². The summed E-state index contributed by atoms with van der Waals surface area (Å²) in [6, 6.07) is 7.07. The van der Waals surface area contributed by atoms with Crippen LogP contribution in [0.1, 0.15) is 11.4 Å². The average molecular weight is 365 g/mol. The number of hydrogen-bond acceptors (Lipinski definition) is 6. The molecule has 3 rings (SSSR count). The number of anilines is 1. The average Bonchev–Trinajstić information content (AvgIpc) is 3.12. The van der Waals surface area contributed by atoms with Gasteiger partial charge in [-0.3, -0.25) is 9.36 Å². The zero-order valence-corrected chi connectivity index (χ0v) is 15.2. The van der Waals surface area contributed by atoms with Crippen molar-refractivity contribution in [3.05, 3.63) is 60.5 Å². The highest BCUT2D eigenvalue weighted by Gasteiger charge is 2.06. The summed E-state index contributed by atoms with van der Waals surface area (Å²) in [4.78, 5) is 24.6. The van der Waals surface area contributed by atoms with E-state index in [2.05, 4.69) is 20.3 Å². The number of hydrogen-bond donors (Lipinski definition) is 1. The molecule has 0 atom stereocenters. The van der Waals surface area contributed by atoms with E-state index in [1.807, 2.05) is 13.0 Å². The summed E-state index contributed by atoms with van der Waals surface area (Å²) in [5.74, 6) is 2.73. The van der Waals surface area contributed by atoms with E-state index < -0.39 is 0 Å².